The van der Waals surface area contributed by atoms with Crippen molar-refractivity contribution in [3.05, 3.63) is 41.6 Å². The molecule has 0 radical (unpaired) electrons. The molecule has 0 amide bonds. The fourth-order valence-corrected chi connectivity index (χ4v) is 4.97. The van der Waals surface area contributed by atoms with Gasteiger partial charge in [0.2, 0.25) is 0 Å². The van der Waals surface area contributed by atoms with E-state index in [2.05, 4.69) is 49.5 Å². The SMILES string of the molecule is Cc1cscc1C(Br)c1cc(Cl)c(Br)s1. The Balaban J connectivity index is 2.36. The molecule has 0 aliphatic rings. The first-order valence-corrected chi connectivity index (χ1v) is 8.05. The Bertz CT molecular complexity index is 456. The molecular weight excluding hydrogens is 380 g/mol. The quantitative estimate of drug-likeness (QED) is 0.554. The highest BCUT2D eigenvalue weighted by atomic mass is 79.9. The van der Waals surface area contributed by atoms with Crippen LogP contribution in [0.2, 0.25) is 5.02 Å². The zero-order valence-corrected chi connectivity index (χ0v) is 13.3. The molecule has 0 bridgehead atoms. The summed E-state index contributed by atoms with van der Waals surface area (Å²) in [6.45, 7) is 2.13. The van der Waals surface area contributed by atoms with E-state index >= 15 is 0 Å². The summed E-state index contributed by atoms with van der Waals surface area (Å²) in [5, 5.41) is 5.12. The van der Waals surface area contributed by atoms with E-state index in [0.29, 0.717) is 0 Å². The Labute approximate surface area is 119 Å². The van der Waals surface area contributed by atoms with E-state index in [1.54, 1.807) is 22.7 Å². The van der Waals surface area contributed by atoms with Gasteiger partial charge in [0.05, 0.1) is 13.6 Å². The number of thiophene rings is 2. The van der Waals surface area contributed by atoms with Gasteiger partial charge >= 0.3 is 0 Å². The van der Waals surface area contributed by atoms with Crippen molar-refractivity contribution in [3.63, 3.8) is 0 Å². The summed E-state index contributed by atoms with van der Waals surface area (Å²) in [7, 11) is 0. The first-order valence-electron chi connectivity index (χ1n) is 4.21. The second-order valence-corrected chi connectivity index (χ2v) is 7.61. The topological polar surface area (TPSA) is 0 Å². The third-order valence-electron chi connectivity index (χ3n) is 2.08. The van der Waals surface area contributed by atoms with Crippen molar-refractivity contribution in [2.24, 2.45) is 0 Å². The lowest BCUT2D eigenvalue weighted by Crippen LogP contribution is -1.88. The molecule has 2 rings (SSSR count). The number of alkyl halides is 1. The molecule has 0 aromatic carbocycles. The molecule has 0 saturated carbocycles. The molecule has 5 heteroatoms. The molecule has 0 aliphatic carbocycles. The van der Waals surface area contributed by atoms with Crippen molar-refractivity contribution in [3.8, 4) is 0 Å². The summed E-state index contributed by atoms with van der Waals surface area (Å²) < 4.78 is 0.997. The molecule has 0 N–H and O–H groups in total. The van der Waals surface area contributed by atoms with E-state index in [9.17, 15) is 0 Å². The summed E-state index contributed by atoms with van der Waals surface area (Å²) >= 11 is 16.6. The van der Waals surface area contributed by atoms with Crippen molar-refractivity contribution in [2.45, 2.75) is 11.8 Å². The first-order chi connectivity index (χ1) is 7.09. The van der Waals surface area contributed by atoms with E-state index < -0.39 is 0 Å². The Hall–Kier alpha value is 0.650. The van der Waals surface area contributed by atoms with Gasteiger partial charge in [-0.25, -0.2) is 0 Å². The number of aryl methyl sites for hydroxylation is 1. The molecule has 0 saturated heterocycles. The van der Waals surface area contributed by atoms with Gasteiger partial charge < -0.3 is 0 Å². The predicted octanol–water partition coefficient (Wildman–Crippen LogP) is 6.02. The van der Waals surface area contributed by atoms with Crippen LogP contribution in [0.5, 0.6) is 0 Å². The van der Waals surface area contributed by atoms with Gasteiger partial charge in [-0.1, -0.05) is 27.5 Å². The molecule has 2 aromatic heterocycles. The van der Waals surface area contributed by atoms with Crippen molar-refractivity contribution < 1.29 is 0 Å². The van der Waals surface area contributed by atoms with Gasteiger partial charge in [-0.2, -0.15) is 11.3 Å². The maximum Gasteiger partial charge on any atom is 0.0887 e. The van der Waals surface area contributed by atoms with Crippen LogP contribution in [0.3, 0.4) is 0 Å². The van der Waals surface area contributed by atoms with Crippen molar-refractivity contribution in [2.75, 3.05) is 0 Å². The van der Waals surface area contributed by atoms with Crippen LogP contribution in [0.4, 0.5) is 0 Å². The largest absolute Gasteiger partial charge is 0.152 e. The molecule has 0 aliphatic heterocycles. The molecule has 0 nitrogen and oxygen atoms in total. The lowest BCUT2D eigenvalue weighted by atomic mass is 10.1. The second-order valence-electron chi connectivity index (χ2n) is 3.14. The van der Waals surface area contributed by atoms with Gasteiger partial charge in [-0.15, -0.1) is 11.3 Å². The van der Waals surface area contributed by atoms with E-state index in [-0.39, 0.29) is 4.83 Å². The third kappa shape index (κ3) is 2.50. The molecule has 2 heterocycles. The van der Waals surface area contributed by atoms with Gasteiger partial charge in [0.25, 0.3) is 0 Å². The van der Waals surface area contributed by atoms with Gasteiger partial charge in [0, 0.05) is 4.88 Å². The molecule has 0 fully saturated rings. The summed E-state index contributed by atoms with van der Waals surface area (Å²) in [5.41, 5.74) is 2.65. The number of hydrogen-bond donors (Lipinski definition) is 0. The fourth-order valence-electron chi connectivity index (χ4n) is 1.27. The molecular formula is C10H7Br2ClS2. The Morgan fingerprint density at radius 1 is 1.40 bits per heavy atom. The highest BCUT2D eigenvalue weighted by molar-refractivity contribution is 9.11. The van der Waals surface area contributed by atoms with Crippen LogP contribution in [0.1, 0.15) is 20.8 Å². The summed E-state index contributed by atoms with van der Waals surface area (Å²) in [6.07, 6.45) is 0. The summed E-state index contributed by atoms with van der Waals surface area (Å²) in [4.78, 5) is 1.48. The van der Waals surface area contributed by atoms with Gasteiger partial charge in [0.15, 0.2) is 0 Å². The molecule has 15 heavy (non-hydrogen) atoms. The van der Waals surface area contributed by atoms with Crippen LogP contribution in [-0.4, -0.2) is 0 Å². The van der Waals surface area contributed by atoms with E-state index in [0.717, 1.165) is 8.81 Å². The minimum atomic E-state index is 0.248. The summed E-state index contributed by atoms with van der Waals surface area (Å²) in [6, 6.07) is 2.01. The molecule has 2 aromatic rings. The molecule has 1 atom stereocenters. The third-order valence-corrected chi connectivity index (χ3v) is 6.79. The number of rotatable bonds is 2. The fraction of sp³-hybridized carbons (Fsp3) is 0.200. The monoisotopic (exact) mass is 384 g/mol. The molecule has 80 valence electrons. The summed E-state index contributed by atoms with van der Waals surface area (Å²) in [5.74, 6) is 0. The lowest BCUT2D eigenvalue weighted by molar-refractivity contribution is 1.21. The Kier molecular flexibility index (Phi) is 3.94. The standard InChI is InChI=1S/C10H7Br2ClS2/c1-5-3-14-4-6(5)9(11)8-2-7(13)10(12)15-8/h2-4,9H,1H3. The van der Waals surface area contributed by atoms with Gasteiger partial charge in [0.1, 0.15) is 0 Å². The molecule has 1 unspecified atom stereocenters. The zero-order valence-electron chi connectivity index (χ0n) is 7.76. The Morgan fingerprint density at radius 3 is 2.60 bits per heavy atom. The van der Waals surface area contributed by atoms with Crippen LogP contribution in [-0.2, 0) is 0 Å². The maximum atomic E-state index is 6.02. The average molecular weight is 387 g/mol. The normalized spacial score (nSPS) is 13.1. The van der Waals surface area contributed by atoms with Crippen LogP contribution >= 0.6 is 66.1 Å². The minimum Gasteiger partial charge on any atom is -0.152 e. The van der Waals surface area contributed by atoms with Crippen LogP contribution < -0.4 is 0 Å². The number of halogens is 3. The zero-order chi connectivity index (χ0) is 11.0. The van der Waals surface area contributed by atoms with Crippen molar-refractivity contribution in [1.29, 1.82) is 0 Å². The highest BCUT2D eigenvalue weighted by Crippen LogP contribution is 2.42. The lowest BCUT2D eigenvalue weighted by Gasteiger charge is -2.06. The Morgan fingerprint density at radius 2 is 2.13 bits per heavy atom. The van der Waals surface area contributed by atoms with Crippen LogP contribution in [0.15, 0.2) is 20.6 Å². The average Bonchev–Trinajstić information content (AvgIpc) is 2.74. The van der Waals surface area contributed by atoms with Crippen molar-refractivity contribution >= 4 is 66.1 Å². The van der Waals surface area contributed by atoms with Crippen LogP contribution in [0, 0.1) is 6.92 Å². The van der Waals surface area contributed by atoms with Crippen LogP contribution in [0.25, 0.3) is 0 Å². The predicted molar refractivity (Wildman–Crippen MR) is 76.9 cm³/mol. The van der Waals surface area contributed by atoms with E-state index in [4.69, 9.17) is 11.6 Å². The highest BCUT2D eigenvalue weighted by Gasteiger charge is 2.17. The van der Waals surface area contributed by atoms with E-state index in [1.165, 1.54) is 16.0 Å². The second kappa shape index (κ2) is 4.88. The number of hydrogen-bond acceptors (Lipinski definition) is 2. The molecule has 0 spiro atoms. The van der Waals surface area contributed by atoms with E-state index in [1.807, 2.05) is 6.07 Å². The minimum absolute atomic E-state index is 0.248. The van der Waals surface area contributed by atoms with Gasteiger partial charge in [-0.05, 0) is 50.8 Å². The maximum absolute atomic E-state index is 6.02. The first kappa shape index (κ1) is 12.1. The van der Waals surface area contributed by atoms with Crippen molar-refractivity contribution in [1.82, 2.24) is 0 Å². The smallest absolute Gasteiger partial charge is 0.0887 e. The van der Waals surface area contributed by atoms with Gasteiger partial charge in [-0.3, -0.25) is 0 Å².